The van der Waals surface area contributed by atoms with Crippen LogP contribution in [-0.4, -0.2) is 21.5 Å². The van der Waals surface area contributed by atoms with Gasteiger partial charge in [0.05, 0.1) is 6.04 Å². The van der Waals surface area contributed by atoms with Crippen LogP contribution < -0.4 is 11.1 Å². The lowest BCUT2D eigenvalue weighted by molar-refractivity contribution is -0.117. The van der Waals surface area contributed by atoms with Crippen LogP contribution in [0.5, 0.6) is 0 Å². The Balaban J connectivity index is 2.21. The third-order valence-electron chi connectivity index (χ3n) is 3.27. The fourth-order valence-electron chi connectivity index (χ4n) is 2.07. The van der Waals surface area contributed by atoms with E-state index in [0.29, 0.717) is 0 Å². The summed E-state index contributed by atoms with van der Waals surface area (Å²) in [6.07, 6.45) is 6.04. The summed E-state index contributed by atoms with van der Waals surface area (Å²) in [6.45, 7) is 4.78. The molecule has 1 atom stereocenters. The number of carbonyl (C=O) groups is 1. The van der Waals surface area contributed by atoms with Crippen molar-refractivity contribution in [2.45, 2.75) is 39.3 Å². The number of rotatable bonds is 6. The molecule has 21 heavy (non-hydrogen) atoms. The minimum absolute atomic E-state index is 0.193. The van der Waals surface area contributed by atoms with Gasteiger partial charge in [0.1, 0.15) is 5.82 Å². The van der Waals surface area contributed by atoms with Gasteiger partial charge in [0.15, 0.2) is 0 Å². The highest BCUT2D eigenvalue weighted by atomic mass is 16.2. The number of aryl methyl sites for hydroxylation is 1. The molecule has 0 aliphatic carbocycles. The maximum absolute atomic E-state index is 11.7. The van der Waals surface area contributed by atoms with Crippen molar-refractivity contribution in [3.63, 3.8) is 0 Å². The molecule has 0 unspecified atom stereocenters. The molecule has 5 nitrogen and oxygen atoms in total. The molecule has 2 rings (SSSR count). The Morgan fingerprint density at radius 1 is 1.48 bits per heavy atom. The highest BCUT2D eigenvalue weighted by Crippen LogP contribution is 2.21. The number of nitrogens with zero attached hydrogens (tertiary/aromatic N) is 2. The second kappa shape index (κ2) is 7.04. The van der Waals surface area contributed by atoms with Crippen LogP contribution in [-0.2, 0) is 11.3 Å². The summed E-state index contributed by atoms with van der Waals surface area (Å²) in [7, 11) is 0. The zero-order valence-corrected chi connectivity index (χ0v) is 12.5. The van der Waals surface area contributed by atoms with Gasteiger partial charge in [-0.3, -0.25) is 4.79 Å². The number of nitrogens with one attached hydrogen (secondary N) is 1. The van der Waals surface area contributed by atoms with E-state index >= 15 is 0 Å². The van der Waals surface area contributed by atoms with Crippen molar-refractivity contribution in [2.75, 3.05) is 5.32 Å². The Morgan fingerprint density at radius 2 is 2.29 bits per heavy atom. The van der Waals surface area contributed by atoms with Gasteiger partial charge in [-0.2, -0.15) is 0 Å². The molecule has 0 fully saturated rings. The number of amides is 1. The van der Waals surface area contributed by atoms with Crippen LogP contribution in [0, 0.1) is 0 Å². The van der Waals surface area contributed by atoms with Crippen molar-refractivity contribution in [3.05, 3.63) is 36.7 Å². The number of benzene rings is 1. The number of hydrogen-bond donors (Lipinski definition) is 2. The third kappa shape index (κ3) is 3.92. The second-order valence-corrected chi connectivity index (χ2v) is 5.16. The summed E-state index contributed by atoms with van der Waals surface area (Å²) in [6, 6.07) is 7.14. The molecule has 1 amide bonds. The predicted octanol–water partition coefficient (Wildman–Crippen LogP) is 2.64. The highest BCUT2D eigenvalue weighted by molar-refractivity contribution is 5.94. The van der Waals surface area contributed by atoms with Crippen LogP contribution in [0.25, 0.3) is 11.4 Å². The van der Waals surface area contributed by atoms with Gasteiger partial charge in [-0.15, -0.1) is 0 Å². The average molecular weight is 286 g/mol. The molecule has 0 saturated carbocycles. The summed E-state index contributed by atoms with van der Waals surface area (Å²) in [4.78, 5) is 16.1. The lowest BCUT2D eigenvalue weighted by atomic mass is 10.1. The van der Waals surface area contributed by atoms with Crippen molar-refractivity contribution in [3.8, 4) is 11.4 Å². The first kappa shape index (κ1) is 15.3. The maximum Gasteiger partial charge on any atom is 0.240 e. The van der Waals surface area contributed by atoms with Crippen molar-refractivity contribution in [2.24, 2.45) is 5.73 Å². The fourth-order valence-corrected chi connectivity index (χ4v) is 2.07. The van der Waals surface area contributed by atoms with Gasteiger partial charge in [-0.05, 0) is 25.5 Å². The zero-order chi connectivity index (χ0) is 15.2. The van der Waals surface area contributed by atoms with Gasteiger partial charge in [-0.25, -0.2) is 4.98 Å². The number of nitrogens with two attached hydrogens (primary N) is 1. The van der Waals surface area contributed by atoms with E-state index in [2.05, 4.69) is 21.8 Å². The molecule has 1 heterocycles. The lowest BCUT2D eigenvalue weighted by Gasteiger charge is -2.10. The summed E-state index contributed by atoms with van der Waals surface area (Å²) in [5.41, 5.74) is 7.29. The largest absolute Gasteiger partial charge is 0.331 e. The van der Waals surface area contributed by atoms with Gasteiger partial charge in [0.2, 0.25) is 5.91 Å². The molecule has 0 spiro atoms. The SMILES string of the molecule is CCCCn1ccnc1-c1cccc(NC(=O)[C@H](C)N)c1. The highest BCUT2D eigenvalue weighted by Gasteiger charge is 2.10. The smallest absolute Gasteiger partial charge is 0.240 e. The topological polar surface area (TPSA) is 72.9 Å². The number of anilines is 1. The molecular weight excluding hydrogens is 264 g/mol. The second-order valence-electron chi connectivity index (χ2n) is 5.16. The van der Waals surface area contributed by atoms with Crippen LogP contribution >= 0.6 is 0 Å². The first-order valence-electron chi connectivity index (χ1n) is 7.30. The first-order chi connectivity index (χ1) is 10.1. The molecule has 0 saturated heterocycles. The first-order valence-corrected chi connectivity index (χ1v) is 7.30. The third-order valence-corrected chi connectivity index (χ3v) is 3.27. The summed E-state index contributed by atoms with van der Waals surface area (Å²) in [5, 5.41) is 2.81. The minimum Gasteiger partial charge on any atom is -0.331 e. The number of imidazole rings is 1. The normalized spacial score (nSPS) is 12.1. The standard InChI is InChI=1S/C16H22N4O/c1-3-4-9-20-10-8-18-15(20)13-6-5-7-14(11-13)19-16(21)12(2)17/h5-8,10-12H,3-4,9,17H2,1-2H3,(H,19,21)/t12-/m0/s1. The monoisotopic (exact) mass is 286 g/mol. The summed E-state index contributed by atoms with van der Waals surface area (Å²) >= 11 is 0. The molecule has 2 aromatic rings. The summed E-state index contributed by atoms with van der Waals surface area (Å²) in [5.74, 6) is 0.724. The van der Waals surface area contributed by atoms with Gasteiger partial charge < -0.3 is 15.6 Å². The Kier molecular flexibility index (Phi) is 5.11. The number of hydrogen-bond acceptors (Lipinski definition) is 3. The molecule has 1 aromatic carbocycles. The van der Waals surface area contributed by atoms with E-state index in [1.165, 1.54) is 0 Å². The maximum atomic E-state index is 11.7. The van der Waals surface area contributed by atoms with Gasteiger partial charge in [0, 0.05) is 30.2 Å². The Hall–Kier alpha value is -2.14. The number of aromatic nitrogens is 2. The predicted molar refractivity (Wildman–Crippen MR) is 84.9 cm³/mol. The van der Waals surface area contributed by atoms with Crippen LogP contribution in [0.2, 0.25) is 0 Å². The molecule has 0 aliphatic heterocycles. The summed E-state index contributed by atoms with van der Waals surface area (Å²) < 4.78 is 2.13. The van der Waals surface area contributed by atoms with E-state index in [4.69, 9.17) is 5.73 Å². The van der Waals surface area contributed by atoms with E-state index in [1.54, 1.807) is 13.1 Å². The van der Waals surface area contributed by atoms with Crippen molar-refractivity contribution >= 4 is 11.6 Å². The lowest BCUT2D eigenvalue weighted by Crippen LogP contribution is -2.32. The van der Waals surface area contributed by atoms with Crippen LogP contribution in [0.4, 0.5) is 5.69 Å². The van der Waals surface area contributed by atoms with E-state index in [9.17, 15) is 4.79 Å². The fraction of sp³-hybridized carbons (Fsp3) is 0.375. The molecular formula is C16H22N4O. The van der Waals surface area contributed by atoms with Crippen LogP contribution in [0.1, 0.15) is 26.7 Å². The van der Waals surface area contributed by atoms with E-state index in [1.807, 2.05) is 30.5 Å². The van der Waals surface area contributed by atoms with Gasteiger partial charge in [0.25, 0.3) is 0 Å². The van der Waals surface area contributed by atoms with E-state index in [0.717, 1.165) is 36.5 Å². The van der Waals surface area contributed by atoms with Crippen molar-refractivity contribution in [1.82, 2.24) is 9.55 Å². The Bertz CT molecular complexity index is 604. The molecule has 0 aliphatic rings. The van der Waals surface area contributed by atoms with E-state index < -0.39 is 6.04 Å². The average Bonchev–Trinajstić information content (AvgIpc) is 2.93. The van der Waals surface area contributed by atoms with Crippen molar-refractivity contribution < 1.29 is 4.79 Å². The molecule has 5 heteroatoms. The quantitative estimate of drug-likeness (QED) is 0.857. The Labute approximate surface area is 125 Å². The molecule has 3 N–H and O–H groups in total. The minimum atomic E-state index is -0.528. The number of carbonyl (C=O) groups excluding carboxylic acids is 1. The molecule has 112 valence electrons. The molecule has 0 bridgehead atoms. The van der Waals surface area contributed by atoms with Crippen LogP contribution in [0.15, 0.2) is 36.7 Å². The van der Waals surface area contributed by atoms with E-state index in [-0.39, 0.29) is 5.91 Å². The zero-order valence-electron chi connectivity index (χ0n) is 12.5. The van der Waals surface area contributed by atoms with Crippen LogP contribution in [0.3, 0.4) is 0 Å². The van der Waals surface area contributed by atoms with Crippen molar-refractivity contribution in [1.29, 1.82) is 0 Å². The number of unbranched alkanes of at least 4 members (excludes halogenated alkanes) is 1. The van der Waals surface area contributed by atoms with Gasteiger partial charge >= 0.3 is 0 Å². The van der Waals surface area contributed by atoms with Gasteiger partial charge in [-0.1, -0.05) is 25.5 Å². The molecule has 1 aromatic heterocycles. The molecule has 0 radical (unpaired) electrons. The Morgan fingerprint density at radius 3 is 3.00 bits per heavy atom.